The molecule has 2 saturated heterocycles. The molecule has 6 nitrogen and oxygen atoms in total. The molecule has 2 aliphatic rings. The summed E-state index contributed by atoms with van der Waals surface area (Å²) in [5.41, 5.74) is 1.93. The number of likely N-dealkylation sites (tertiary alicyclic amines) is 1. The number of hydrogen-bond acceptors (Lipinski definition) is 3. The van der Waals surface area contributed by atoms with Crippen LogP contribution in [0.1, 0.15) is 24.8 Å². The highest BCUT2D eigenvalue weighted by molar-refractivity contribution is 5.92. The predicted molar refractivity (Wildman–Crippen MR) is 98.6 cm³/mol. The summed E-state index contributed by atoms with van der Waals surface area (Å²) in [6, 6.07) is 7.96. The molecule has 6 heteroatoms. The van der Waals surface area contributed by atoms with E-state index in [-0.39, 0.29) is 11.9 Å². The highest BCUT2D eigenvalue weighted by atomic mass is 16.2. The maximum atomic E-state index is 12.5. The second-order valence-electron chi connectivity index (χ2n) is 6.96. The summed E-state index contributed by atoms with van der Waals surface area (Å²) in [4.78, 5) is 30.8. The topological polar surface area (TPSA) is 55.9 Å². The van der Waals surface area contributed by atoms with E-state index in [1.807, 2.05) is 41.0 Å². The molecule has 3 amide bonds. The van der Waals surface area contributed by atoms with Crippen LogP contribution in [0.3, 0.4) is 0 Å². The van der Waals surface area contributed by atoms with Gasteiger partial charge in [-0.05, 0) is 37.8 Å². The highest BCUT2D eigenvalue weighted by Gasteiger charge is 2.26. The molecule has 0 atom stereocenters. The van der Waals surface area contributed by atoms with Crippen LogP contribution in [0.5, 0.6) is 0 Å². The zero-order chi connectivity index (χ0) is 17.6. The van der Waals surface area contributed by atoms with Gasteiger partial charge >= 0.3 is 6.03 Å². The standard InChI is InChI=1S/C19H28N4O2/c1-16-7-3-4-8-17(16)20-18(24)15-21-11-13-23(14-12-21)19(25)22-9-5-2-6-10-22/h3-4,7-8H,2,5-6,9-15H2,1H3,(H,20,24). The van der Waals surface area contributed by atoms with E-state index in [0.29, 0.717) is 19.6 Å². The number of urea groups is 1. The Labute approximate surface area is 149 Å². The van der Waals surface area contributed by atoms with E-state index >= 15 is 0 Å². The van der Waals surface area contributed by atoms with Crippen molar-refractivity contribution in [1.29, 1.82) is 0 Å². The molecular weight excluding hydrogens is 316 g/mol. The zero-order valence-electron chi connectivity index (χ0n) is 15.0. The van der Waals surface area contributed by atoms with Gasteiger partial charge in [-0.15, -0.1) is 0 Å². The molecule has 2 fully saturated rings. The minimum Gasteiger partial charge on any atom is -0.325 e. The lowest BCUT2D eigenvalue weighted by atomic mass is 10.1. The minimum atomic E-state index is 0.00473. The van der Waals surface area contributed by atoms with Crippen LogP contribution in [0.4, 0.5) is 10.5 Å². The fraction of sp³-hybridized carbons (Fsp3) is 0.579. The van der Waals surface area contributed by atoms with Crippen LogP contribution in [-0.4, -0.2) is 72.5 Å². The first kappa shape index (κ1) is 17.7. The Kier molecular flexibility index (Phi) is 5.91. The van der Waals surface area contributed by atoms with Gasteiger partial charge in [0.1, 0.15) is 0 Å². The summed E-state index contributed by atoms with van der Waals surface area (Å²) < 4.78 is 0. The van der Waals surface area contributed by atoms with Crippen LogP contribution in [0.2, 0.25) is 0 Å². The van der Waals surface area contributed by atoms with Gasteiger partial charge in [0.2, 0.25) is 5.91 Å². The van der Waals surface area contributed by atoms with Crippen molar-refractivity contribution in [3.8, 4) is 0 Å². The van der Waals surface area contributed by atoms with Crippen molar-refractivity contribution >= 4 is 17.6 Å². The van der Waals surface area contributed by atoms with Gasteiger partial charge in [0.15, 0.2) is 0 Å². The number of nitrogens with one attached hydrogen (secondary N) is 1. The number of aryl methyl sites for hydroxylation is 1. The molecule has 25 heavy (non-hydrogen) atoms. The van der Waals surface area contributed by atoms with Crippen LogP contribution >= 0.6 is 0 Å². The molecule has 2 aliphatic heterocycles. The lowest BCUT2D eigenvalue weighted by Crippen LogP contribution is -2.54. The predicted octanol–water partition coefficient (Wildman–Crippen LogP) is 2.16. The molecule has 136 valence electrons. The molecule has 0 unspecified atom stereocenters. The third-order valence-electron chi connectivity index (χ3n) is 5.06. The largest absolute Gasteiger partial charge is 0.325 e. The lowest BCUT2D eigenvalue weighted by Gasteiger charge is -2.38. The van der Waals surface area contributed by atoms with E-state index in [1.165, 1.54) is 6.42 Å². The monoisotopic (exact) mass is 344 g/mol. The van der Waals surface area contributed by atoms with Gasteiger partial charge in [-0.3, -0.25) is 9.69 Å². The number of anilines is 1. The molecular formula is C19H28N4O2. The smallest absolute Gasteiger partial charge is 0.320 e. The SMILES string of the molecule is Cc1ccccc1NC(=O)CN1CCN(C(=O)N2CCCCC2)CC1. The molecule has 2 heterocycles. The van der Waals surface area contributed by atoms with E-state index in [2.05, 4.69) is 10.2 Å². The van der Waals surface area contributed by atoms with Crippen molar-refractivity contribution in [3.63, 3.8) is 0 Å². The van der Waals surface area contributed by atoms with Crippen molar-refractivity contribution in [2.45, 2.75) is 26.2 Å². The van der Waals surface area contributed by atoms with Crippen LogP contribution in [0, 0.1) is 6.92 Å². The Bertz CT molecular complexity index is 605. The third kappa shape index (κ3) is 4.72. The number of para-hydroxylation sites is 1. The number of piperidine rings is 1. The van der Waals surface area contributed by atoms with E-state index in [4.69, 9.17) is 0 Å². The van der Waals surface area contributed by atoms with Crippen molar-refractivity contribution in [2.24, 2.45) is 0 Å². The minimum absolute atomic E-state index is 0.00473. The molecule has 0 aromatic heterocycles. The molecule has 0 aliphatic carbocycles. The lowest BCUT2D eigenvalue weighted by molar-refractivity contribution is -0.117. The first-order chi connectivity index (χ1) is 12.1. The number of piperazine rings is 1. The van der Waals surface area contributed by atoms with Gasteiger partial charge in [-0.25, -0.2) is 4.79 Å². The number of carbonyl (C=O) groups is 2. The maximum Gasteiger partial charge on any atom is 0.320 e. The summed E-state index contributed by atoms with van der Waals surface area (Å²) in [6.45, 7) is 7.04. The first-order valence-electron chi connectivity index (χ1n) is 9.25. The maximum absolute atomic E-state index is 12.5. The van der Waals surface area contributed by atoms with Crippen LogP contribution < -0.4 is 5.32 Å². The van der Waals surface area contributed by atoms with Crippen molar-refractivity contribution in [1.82, 2.24) is 14.7 Å². The Morgan fingerprint density at radius 2 is 1.56 bits per heavy atom. The fourth-order valence-electron chi connectivity index (χ4n) is 3.49. The van der Waals surface area contributed by atoms with Crippen molar-refractivity contribution < 1.29 is 9.59 Å². The van der Waals surface area contributed by atoms with E-state index in [1.54, 1.807) is 0 Å². The summed E-state index contributed by atoms with van der Waals surface area (Å²) in [6.07, 6.45) is 3.46. The van der Waals surface area contributed by atoms with Crippen molar-refractivity contribution in [2.75, 3.05) is 51.1 Å². The summed E-state index contributed by atoms with van der Waals surface area (Å²) in [5.74, 6) is 0.00473. The molecule has 0 bridgehead atoms. The van der Waals surface area contributed by atoms with Gasteiger partial charge in [0.05, 0.1) is 6.54 Å². The number of carbonyl (C=O) groups excluding carboxylic acids is 2. The number of hydrogen-bond donors (Lipinski definition) is 1. The zero-order valence-corrected chi connectivity index (χ0v) is 15.0. The van der Waals surface area contributed by atoms with Gasteiger partial charge in [0.25, 0.3) is 0 Å². The molecule has 3 rings (SSSR count). The average Bonchev–Trinajstić information content (AvgIpc) is 2.64. The number of amides is 3. The number of nitrogens with zero attached hydrogens (tertiary/aromatic N) is 3. The molecule has 1 N–H and O–H groups in total. The Morgan fingerprint density at radius 3 is 2.24 bits per heavy atom. The van der Waals surface area contributed by atoms with Crippen molar-refractivity contribution in [3.05, 3.63) is 29.8 Å². The quantitative estimate of drug-likeness (QED) is 0.914. The van der Waals surface area contributed by atoms with Crippen LogP contribution in [0.25, 0.3) is 0 Å². The highest BCUT2D eigenvalue weighted by Crippen LogP contribution is 2.14. The molecule has 1 aromatic rings. The van der Waals surface area contributed by atoms with Crippen LogP contribution in [0.15, 0.2) is 24.3 Å². The van der Waals surface area contributed by atoms with Gasteiger partial charge < -0.3 is 15.1 Å². The molecule has 1 aromatic carbocycles. The summed E-state index contributed by atoms with van der Waals surface area (Å²) in [5, 5.41) is 2.97. The van der Waals surface area contributed by atoms with Gasteiger partial charge in [0, 0.05) is 45.0 Å². The molecule has 0 saturated carbocycles. The number of benzene rings is 1. The Morgan fingerprint density at radius 1 is 0.920 bits per heavy atom. The Hall–Kier alpha value is -2.08. The van der Waals surface area contributed by atoms with E-state index in [9.17, 15) is 9.59 Å². The molecule has 0 radical (unpaired) electrons. The van der Waals surface area contributed by atoms with Gasteiger partial charge in [-0.2, -0.15) is 0 Å². The molecule has 0 spiro atoms. The summed E-state index contributed by atoms with van der Waals surface area (Å²) >= 11 is 0. The first-order valence-corrected chi connectivity index (χ1v) is 9.25. The van der Waals surface area contributed by atoms with Crippen LogP contribution in [-0.2, 0) is 4.79 Å². The number of rotatable bonds is 3. The average molecular weight is 344 g/mol. The second kappa shape index (κ2) is 8.34. The summed E-state index contributed by atoms with van der Waals surface area (Å²) in [7, 11) is 0. The van der Waals surface area contributed by atoms with Gasteiger partial charge in [-0.1, -0.05) is 18.2 Å². The fourth-order valence-corrected chi connectivity index (χ4v) is 3.49. The third-order valence-corrected chi connectivity index (χ3v) is 5.06. The van der Waals surface area contributed by atoms with E-state index in [0.717, 1.165) is 50.3 Å². The second-order valence-corrected chi connectivity index (χ2v) is 6.96. The normalized spacial score (nSPS) is 18.9. The van der Waals surface area contributed by atoms with E-state index < -0.39 is 0 Å². The Balaban J connectivity index is 1.43.